The van der Waals surface area contributed by atoms with Gasteiger partial charge in [0.05, 0.1) is 25.4 Å². The summed E-state index contributed by atoms with van der Waals surface area (Å²) >= 11 is 0. The maximum atomic E-state index is 13.8. The van der Waals surface area contributed by atoms with E-state index >= 15 is 0 Å². The van der Waals surface area contributed by atoms with Crippen LogP contribution in [0, 0.1) is 5.82 Å². The molecule has 2 N–H and O–H groups in total. The first-order chi connectivity index (χ1) is 8.19. The molecule has 2 aliphatic heterocycles. The molecule has 0 atom stereocenters. The Kier molecular flexibility index (Phi) is 2.45. The van der Waals surface area contributed by atoms with Crippen molar-refractivity contribution in [3.63, 3.8) is 0 Å². The monoisotopic (exact) mass is 238 g/mol. The van der Waals surface area contributed by atoms with Gasteiger partial charge < -0.3 is 20.1 Å². The first-order valence-corrected chi connectivity index (χ1v) is 5.76. The number of halogens is 1. The van der Waals surface area contributed by atoms with Crippen LogP contribution in [0.4, 0.5) is 15.8 Å². The van der Waals surface area contributed by atoms with E-state index < -0.39 is 5.79 Å². The van der Waals surface area contributed by atoms with E-state index in [1.807, 2.05) is 4.90 Å². The number of nitrogens with two attached hydrogens (primary N) is 1. The summed E-state index contributed by atoms with van der Waals surface area (Å²) in [6.07, 6.45) is 0.775. The molecule has 0 radical (unpaired) electrons. The molecule has 0 bridgehead atoms. The number of ether oxygens (including phenoxy) is 2. The van der Waals surface area contributed by atoms with Crippen LogP contribution in [0.2, 0.25) is 0 Å². The maximum Gasteiger partial charge on any atom is 0.187 e. The summed E-state index contributed by atoms with van der Waals surface area (Å²) in [5, 5.41) is 0. The summed E-state index contributed by atoms with van der Waals surface area (Å²) in [5.74, 6) is -0.812. The summed E-state index contributed by atoms with van der Waals surface area (Å²) in [4.78, 5) is 1.94. The third kappa shape index (κ3) is 1.85. The van der Waals surface area contributed by atoms with E-state index in [-0.39, 0.29) is 5.82 Å². The van der Waals surface area contributed by atoms with Gasteiger partial charge in [0.25, 0.3) is 0 Å². The standard InChI is InChI=1S/C12H15FN2O2/c13-10-7-9(14)1-2-11(10)15-4-3-12(8-15)16-5-6-17-12/h1-2,7H,3-6,8,14H2. The highest BCUT2D eigenvalue weighted by Crippen LogP contribution is 2.34. The van der Waals surface area contributed by atoms with Crippen molar-refractivity contribution in [2.75, 3.05) is 36.9 Å². The summed E-state index contributed by atoms with van der Waals surface area (Å²) in [5.41, 5.74) is 6.54. The van der Waals surface area contributed by atoms with Crippen LogP contribution in [-0.4, -0.2) is 32.1 Å². The molecular formula is C12H15FN2O2. The van der Waals surface area contributed by atoms with Crippen LogP contribution in [0.15, 0.2) is 18.2 Å². The Morgan fingerprint density at radius 1 is 1.29 bits per heavy atom. The van der Waals surface area contributed by atoms with Crippen molar-refractivity contribution in [2.24, 2.45) is 0 Å². The van der Waals surface area contributed by atoms with Crippen LogP contribution in [0.5, 0.6) is 0 Å². The topological polar surface area (TPSA) is 47.7 Å². The van der Waals surface area contributed by atoms with E-state index in [0.717, 1.165) is 13.0 Å². The highest BCUT2D eigenvalue weighted by molar-refractivity contribution is 5.55. The van der Waals surface area contributed by atoms with Crippen molar-refractivity contribution in [3.05, 3.63) is 24.0 Å². The van der Waals surface area contributed by atoms with Crippen LogP contribution >= 0.6 is 0 Å². The molecule has 0 amide bonds. The summed E-state index contributed by atoms with van der Waals surface area (Å²) in [6, 6.07) is 4.76. The molecule has 3 rings (SSSR count). The molecule has 2 fully saturated rings. The third-order valence-corrected chi connectivity index (χ3v) is 3.32. The van der Waals surface area contributed by atoms with E-state index in [1.54, 1.807) is 12.1 Å². The average Bonchev–Trinajstić information content (AvgIpc) is 2.90. The van der Waals surface area contributed by atoms with Crippen LogP contribution in [0.25, 0.3) is 0 Å². The Hall–Kier alpha value is -1.33. The van der Waals surface area contributed by atoms with E-state index in [4.69, 9.17) is 15.2 Å². The Morgan fingerprint density at radius 2 is 2.06 bits per heavy atom. The molecule has 17 heavy (non-hydrogen) atoms. The molecule has 0 aromatic heterocycles. The first kappa shape index (κ1) is 10.8. The van der Waals surface area contributed by atoms with Crippen molar-refractivity contribution in [2.45, 2.75) is 12.2 Å². The number of hydrogen-bond acceptors (Lipinski definition) is 4. The van der Waals surface area contributed by atoms with Crippen molar-refractivity contribution in [1.29, 1.82) is 0 Å². The fourth-order valence-corrected chi connectivity index (χ4v) is 2.47. The predicted molar refractivity (Wildman–Crippen MR) is 62.3 cm³/mol. The van der Waals surface area contributed by atoms with E-state index in [2.05, 4.69) is 0 Å². The number of nitrogen functional groups attached to an aromatic ring is 1. The second kappa shape index (κ2) is 3.85. The highest BCUT2D eigenvalue weighted by atomic mass is 19.1. The number of benzene rings is 1. The Bertz CT molecular complexity index is 433. The van der Waals surface area contributed by atoms with Gasteiger partial charge in [0.15, 0.2) is 5.79 Å². The summed E-state index contributed by atoms with van der Waals surface area (Å²) < 4.78 is 25.0. The van der Waals surface area contributed by atoms with E-state index in [9.17, 15) is 4.39 Å². The molecule has 2 aliphatic rings. The van der Waals surface area contributed by atoms with Gasteiger partial charge in [-0.15, -0.1) is 0 Å². The second-order valence-electron chi connectivity index (χ2n) is 4.49. The van der Waals surface area contributed by atoms with Gasteiger partial charge >= 0.3 is 0 Å². The smallest absolute Gasteiger partial charge is 0.187 e. The van der Waals surface area contributed by atoms with Gasteiger partial charge in [0.2, 0.25) is 0 Å². The van der Waals surface area contributed by atoms with Gasteiger partial charge in [-0.25, -0.2) is 4.39 Å². The SMILES string of the molecule is Nc1ccc(N2CCC3(C2)OCCO3)c(F)c1. The molecule has 0 saturated carbocycles. The van der Waals surface area contributed by atoms with Gasteiger partial charge in [0, 0.05) is 18.7 Å². The lowest BCUT2D eigenvalue weighted by Crippen LogP contribution is -2.34. The lowest BCUT2D eigenvalue weighted by molar-refractivity contribution is -0.137. The number of nitrogens with zero attached hydrogens (tertiary/aromatic N) is 1. The molecule has 1 spiro atoms. The number of anilines is 2. The van der Waals surface area contributed by atoms with Crippen LogP contribution in [0.1, 0.15) is 6.42 Å². The summed E-state index contributed by atoms with van der Waals surface area (Å²) in [6.45, 7) is 2.56. The van der Waals surface area contributed by atoms with Crippen molar-refractivity contribution >= 4 is 11.4 Å². The van der Waals surface area contributed by atoms with Crippen molar-refractivity contribution in [1.82, 2.24) is 0 Å². The average molecular weight is 238 g/mol. The zero-order valence-electron chi connectivity index (χ0n) is 9.49. The van der Waals surface area contributed by atoms with Gasteiger partial charge in [0.1, 0.15) is 5.82 Å². The zero-order valence-corrected chi connectivity index (χ0v) is 9.49. The van der Waals surface area contributed by atoms with Gasteiger partial charge in [-0.2, -0.15) is 0 Å². The Balaban J connectivity index is 1.82. The lowest BCUT2D eigenvalue weighted by atomic mass is 10.2. The fourth-order valence-electron chi connectivity index (χ4n) is 2.47. The minimum Gasteiger partial charge on any atom is -0.399 e. The zero-order chi connectivity index (χ0) is 11.9. The molecule has 0 aliphatic carbocycles. The Morgan fingerprint density at radius 3 is 2.76 bits per heavy atom. The van der Waals surface area contributed by atoms with Gasteiger partial charge in [-0.3, -0.25) is 0 Å². The largest absolute Gasteiger partial charge is 0.399 e. The molecule has 0 unspecified atom stereocenters. The molecule has 5 heteroatoms. The van der Waals surface area contributed by atoms with Crippen molar-refractivity contribution in [3.8, 4) is 0 Å². The predicted octanol–water partition coefficient (Wildman–Crippen LogP) is 1.36. The molecular weight excluding hydrogens is 223 g/mol. The normalized spacial score (nSPS) is 22.5. The quantitative estimate of drug-likeness (QED) is 0.750. The highest BCUT2D eigenvalue weighted by Gasteiger charge is 2.43. The third-order valence-electron chi connectivity index (χ3n) is 3.32. The number of hydrogen-bond donors (Lipinski definition) is 1. The minimum atomic E-state index is -0.520. The van der Waals surface area contributed by atoms with E-state index in [1.165, 1.54) is 6.07 Å². The molecule has 1 aromatic carbocycles. The molecule has 92 valence electrons. The van der Waals surface area contributed by atoms with Crippen LogP contribution < -0.4 is 10.6 Å². The Labute approximate surface area is 99.1 Å². The lowest BCUT2D eigenvalue weighted by Gasteiger charge is -2.23. The molecule has 2 heterocycles. The van der Waals surface area contributed by atoms with Gasteiger partial charge in [-0.1, -0.05) is 0 Å². The minimum absolute atomic E-state index is 0.292. The maximum absolute atomic E-state index is 13.8. The number of rotatable bonds is 1. The van der Waals surface area contributed by atoms with Crippen LogP contribution in [0.3, 0.4) is 0 Å². The van der Waals surface area contributed by atoms with Gasteiger partial charge in [-0.05, 0) is 18.2 Å². The molecule has 1 aromatic rings. The summed E-state index contributed by atoms with van der Waals surface area (Å²) in [7, 11) is 0. The molecule has 4 nitrogen and oxygen atoms in total. The molecule has 2 saturated heterocycles. The first-order valence-electron chi connectivity index (χ1n) is 5.76. The van der Waals surface area contributed by atoms with Crippen LogP contribution in [-0.2, 0) is 9.47 Å². The fraction of sp³-hybridized carbons (Fsp3) is 0.500. The second-order valence-corrected chi connectivity index (χ2v) is 4.49. The van der Waals surface area contributed by atoms with Crippen molar-refractivity contribution < 1.29 is 13.9 Å². The van der Waals surface area contributed by atoms with E-state index in [0.29, 0.717) is 31.1 Å².